The lowest BCUT2D eigenvalue weighted by Gasteiger charge is -2.22. The zero-order chi connectivity index (χ0) is 14.8. The van der Waals surface area contributed by atoms with E-state index in [0.717, 1.165) is 19.5 Å². The lowest BCUT2D eigenvalue weighted by Crippen LogP contribution is -2.27. The van der Waals surface area contributed by atoms with Crippen molar-refractivity contribution in [3.63, 3.8) is 0 Å². The first-order valence-corrected chi connectivity index (χ1v) is 7.92. The second-order valence-corrected chi connectivity index (χ2v) is 5.70. The maximum atomic E-state index is 10.2. The second kappa shape index (κ2) is 10.1. The molecule has 0 fully saturated rings. The Morgan fingerprint density at radius 1 is 1.35 bits per heavy atom. The van der Waals surface area contributed by atoms with Crippen LogP contribution in [-0.4, -0.2) is 49.0 Å². The number of likely N-dealkylation sites (N-methyl/N-ethyl adjacent to an activating group) is 1. The maximum Gasteiger partial charge on any atom is 0.101 e. The molecule has 1 rings (SSSR count). The highest BCUT2D eigenvalue weighted by Gasteiger charge is 2.14. The predicted octanol–water partition coefficient (Wildman–Crippen LogP) is 3.15. The van der Waals surface area contributed by atoms with Gasteiger partial charge in [0.2, 0.25) is 0 Å². The van der Waals surface area contributed by atoms with Gasteiger partial charge in [-0.1, -0.05) is 37.1 Å². The summed E-state index contributed by atoms with van der Waals surface area (Å²) in [6.07, 6.45) is 11.2. The van der Waals surface area contributed by atoms with E-state index in [1.807, 2.05) is 6.08 Å². The van der Waals surface area contributed by atoms with Crippen LogP contribution >= 0.6 is 0 Å². The topological polar surface area (TPSA) is 32.7 Å². The molecule has 0 aromatic heterocycles. The molecule has 1 aliphatic heterocycles. The van der Waals surface area contributed by atoms with Crippen molar-refractivity contribution in [1.29, 1.82) is 0 Å². The van der Waals surface area contributed by atoms with Crippen molar-refractivity contribution in [2.45, 2.75) is 58.2 Å². The van der Waals surface area contributed by atoms with Gasteiger partial charge in [0, 0.05) is 13.7 Å². The van der Waals surface area contributed by atoms with Crippen LogP contribution in [0, 0.1) is 0 Å². The van der Waals surface area contributed by atoms with E-state index < -0.39 is 6.10 Å². The molecule has 0 amide bonds. The van der Waals surface area contributed by atoms with Gasteiger partial charge in [-0.15, -0.1) is 0 Å². The normalized spacial score (nSPS) is 32.1. The van der Waals surface area contributed by atoms with Gasteiger partial charge in [-0.25, -0.2) is 0 Å². The summed E-state index contributed by atoms with van der Waals surface area (Å²) >= 11 is 0. The Hall–Kier alpha value is -0.640. The van der Waals surface area contributed by atoms with Gasteiger partial charge < -0.3 is 9.84 Å². The lowest BCUT2D eigenvalue weighted by atomic mass is 10.1. The highest BCUT2D eigenvalue weighted by Crippen LogP contribution is 2.12. The molecule has 0 saturated carbocycles. The van der Waals surface area contributed by atoms with E-state index in [9.17, 15) is 5.11 Å². The van der Waals surface area contributed by atoms with E-state index in [2.05, 4.69) is 30.9 Å². The molecule has 3 nitrogen and oxygen atoms in total. The Kier molecular flexibility index (Phi) is 8.83. The molecule has 3 heteroatoms. The van der Waals surface area contributed by atoms with Crippen molar-refractivity contribution in [3.8, 4) is 0 Å². The fourth-order valence-corrected chi connectivity index (χ4v) is 2.59. The molecule has 0 spiro atoms. The van der Waals surface area contributed by atoms with Crippen molar-refractivity contribution in [1.82, 2.24) is 4.90 Å². The molecule has 1 heterocycles. The molecule has 1 aliphatic rings. The molecule has 0 aliphatic carbocycles. The highest BCUT2D eigenvalue weighted by atomic mass is 16.5. The average molecular weight is 281 g/mol. The SMILES string of the molecule is CCN1CCCCC/C=C/C(OC)C(O)C/C=C(/C)C1. The van der Waals surface area contributed by atoms with Crippen molar-refractivity contribution in [2.24, 2.45) is 0 Å². The van der Waals surface area contributed by atoms with Crippen LogP contribution in [0.4, 0.5) is 0 Å². The summed E-state index contributed by atoms with van der Waals surface area (Å²) < 4.78 is 5.36. The third kappa shape index (κ3) is 6.69. The van der Waals surface area contributed by atoms with Crippen molar-refractivity contribution in [2.75, 3.05) is 26.7 Å². The number of aliphatic hydroxyl groups is 1. The fraction of sp³-hybridized carbons (Fsp3) is 0.765. The molecular weight excluding hydrogens is 250 g/mol. The van der Waals surface area contributed by atoms with E-state index in [0.29, 0.717) is 6.42 Å². The van der Waals surface area contributed by atoms with E-state index in [1.54, 1.807) is 7.11 Å². The second-order valence-electron chi connectivity index (χ2n) is 5.70. The van der Waals surface area contributed by atoms with Gasteiger partial charge in [0.15, 0.2) is 0 Å². The highest BCUT2D eigenvalue weighted by molar-refractivity contribution is 5.04. The zero-order valence-electron chi connectivity index (χ0n) is 13.3. The number of nitrogens with zero attached hydrogens (tertiary/aromatic N) is 1. The maximum absolute atomic E-state index is 10.2. The minimum Gasteiger partial charge on any atom is -0.390 e. The largest absolute Gasteiger partial charge is 0.390 e. The Bertz CT molecular complexity index is 312. The molecule has 0 aromatic carbocycles. The Balaban J connectivity index is 2.67. The minimum atomic E-state index is -0.454. The van der Waals surface area contributed by atoms with E-state index >= 15 is 0 Å². The van der Waals surface area contributed by atoms with Gasteiger partial charge in [0.25, 0.3) is 0 Å². The van der Waals surface area contributed by atoms with Gasteiger partial charge in [0.05, 0.1) is 6.10 Å². The first kappa shape index (κ1) is 17.4. The number of methoxy groups -OCH3 is 1. The average Bonchev–Trinajstić information content (AvgIpc) is 2.45. The van der Waals surface area contributed by atoms with Crippen LogP contribution in [-0.2, 0) is 4.74 Å². The molecule has 20 heavy (non-hydrogen) atoms. The van der Waals surface area contributed by atoms with Crippen molar-refractivity contribution in [3.05, 3.63) is 23.8 Å². The van der Waals surface area contributed by atoms with E-state index in [4.69, 9.17) is 4.74 Å². The van der Waals surface area contributed by atoms with Crippen LogP contribution in [0.15, 0.2) is 23.8 Å². The number of rotatable bonds is 2. The number of allylic oxidation sites excluding steroid dienone is 1. The minimum absolute atomic E-state index is 0.190. The van der Waals surface area contributed by atoms with Crippen molar-refractivity contribution < 1.29 is 9.84 Å². The molecular formula is C17H31NO2. The summed E-state index contributed by atoms with van der Waals surface area (Å²) in [5.41, 5.74) is 1.33. The first-order chi connectivity index (χ1) is 9.67. The molecule has 0 radical (unpaired) electrons. The lowest BCUT2D eigenvalue weighted by molar-refractivity contribution is 0.0187. The fourth-order valence-electron chi connectivity index (χ4n) is 2.59. The summed E-state index contributed by atoms with van der Waals surface area (Å²) in [5.74, 6) is 0. The van der Waals surface area contributed by atoms with Crippen LogP contribution in [0.25, 0.3) is 0 Å². The molecule has 116 valence electrons. The van der Waals surface area contributed by atoms with Crippen LogP contribution in [0.2, 0.25) is 0 Å². The van der Waals surface area contributed by atoms with Gasteiger partial charge in [0.1, 0.15) is 6.10 Å². The number of hydrogen-bond donors (Lipinski definition) is 1. The third-order valence-electron chi connectivity index (χ3n) is 3.95. The monoisotopic (exact) mass is 281 g/mol. The standard InChI is InChI=1S/C17H31NO2/c1-4-18-13-9-7-5-6-8-10-17(20-3)16(19)12-11-15(2)14-18/h8,10-11,16-17,19H,4-7,9,12-14H2,1-3H3/b10-8+,15-11-. The third-order valence-corrected chi connectivity index (χ3v) is 3.95. The smallest absolute Gasteiger partial charge is 0.101 e. The summed E-state index contributed by atoms with van der Waals surface area (Å²) in [7, 11) is 1.66. The predicted molar refractivity (Wildman–Crippen MR) is 84.9 cm³/mol. The van der Waals surface area contributed by atoms with Crippen molar-refractivity contribution >= 4 is 0 Å². The molecule has 0 bridgehead atoms. The number of hydrogen-bond acceptors (Lipinski definition) is 3. The van der Waals surface area contributed by atoms with E-state index in [-0.39, 0.29) is 6.10 Å². The first-order valence-electron chi connectivity index (χ1n) is 7.92. The number of aliphatic hydroxyl groups excluding tert-OH is 1. The van der Waals surface area contributed by atoms with Gasteiger partial charge in [-0.2, -0.15) is 0 Å². The van der Waals surface area contributed by atoms with Crippen LogP contribution in [0.3, 0.4) is 0 Å². The number of ether oxygens (including phenoxy) is 1. The summed E-state index contributed by atoms with van der Waals surface area (Å²) in [6.45, 7) is 7.65. The van der Waals surface area contributed by atoms with Gasteiger partial charge in [-0.3, -0.25) is 4.90 Å². The zero-order valence-corrected chi connectivity index (χ0v) is 13.3. The summed E-state index contributed by atoms with van der Waals surface area (Å²) in [6, 6.07) is 0. The molecule has 0 aromatic rings. The van der Waals surface area contributed by atoms with Gasteiger partial charge >= 0.3 is 0 Å². The Labute approximate surface area is 124 Å². The quantitative estimate of drug-likeness (QED) is 0.789. The summed E-state index contributed by atoms with van der Waals surface area (Å²) in [5, 5.41) is 10.2. The molecule has 2 atom stereocenters. The molecule has 1 N–H and O–H groups in total. The Morgan fingerprint density at radius 3 is 2.85 bits per heavy atom. The van der Waals surface area contributed by atoms with Gasteiger partial charge in [-0.05, 0) is 45.7 Å². The summed E-state index contributed by atoms with van der Waals surface area (Å²) in [4.78, 5) is 2.48. The Morgan fingerprint density at radius 2 is 2.15 bits per heavy atom. The molecule has 0 saturated heterocycles. The van der Waals surface area contributed by atoms with E-state index in [1.165, 1.54) is 31.4 Å². The van der Waals surface area contributed by atoms with Crippen LogP contribution in [0.5, 0.6) is 0 Å². The van der Waals surface area contributed by atoms with Crippen LogP contribution in [0.1, 0.15) is 46.0 Å². The van der Waals surface area contributed by atoms with Crippen LogP contribution < -0.4 is 0 Å². The molecule has 2 unspecified atom stereocenters.